The van der Waals surface area contributed by atoms with Crippen LogP contribution in [0.3, 0.4) is 0 Å². The maximum atomic E-state index is 10.5. The van der Waals surface area contributed by atoms with Crippen molar-refractivity contribution in [1.82, 2.24) is 0 Å². The molecule has 1 aliphatic rings. The fraction of sp³-hybridized carbons (Fsp3) is 0.250. The Balaban J connectivity index is 1.89. The summed E-state index contributed by atoms with van der Waals surface area (Å²) in [5, 5.41) is 58.2. The summed E-state index contributed by atoms with van der Waals surface area (Å²) in [6, 6.07) is 13.3. The van der Waals surface area contributed by atoms with Gasteiger partial charge in [-0.2, -0.15) is 15.8 Å². The van der Waals surface area contributed by atoms with Gasteiger partial charge in [0, 0.05) is 24.4 Å². The molecule has 1 aromatic heterocycles. The molecule has 0 aliphatic carbocycles. The number of aromatic hydroxyl groups is 2. The molecule has 37 heavy (non-hydrogen) atoms. The number of allylic oxidation sites excluding steroid dienone is 2. The molecule has 0 saturated carbocycles. The molecule has 0 radical (unpaired) electrons. The third kappa shape index (κ3) is 5.68. The first-order chi connectivity index (χ1) is 17.7. The van der Waals surface area contributed by atoms with Gasteiger partial charge in [0.1, 0.15) is 29.4 Å². The maximum absolute atomic E-state index is 10.5. The van der Waals surface area contributed by atoms with Gasteiger partial charge in [0.2, 0.25) is 0 Å². The number of anilines is 1. The predicted octanol–water partition coefficient (Wildman–Crippen LogP) is 5.09. The minimum absolute atomic E-state index is 0.0662. The Morgan fingerprint density at radius 2 is 1.59 bits per heavy atom. The number of aliphatic hydroxyl groups is 1. The molecule has 0 unspecified atom stereocenters. The number of hydrogen-bond acceptors (Lipinski definition) is 9. The Bertz CT molecular complexity index is 1410. The lowest BCUT2D eigenvalue weighted by molar-refractivity contribution is 0.0954. The lowest BCUT2D eigenvalue weighted by Crippen LogP contribution is -2.25. The third-order valence-electron chi connectivity index (χ3n) is 5.81. The van der Waals surface area contributed by atoms with Crippen LogP contribution >= 0.6 is 11.3 Å². The molecule has 188 valence electrons. The van der Waals surface area contributed by atoms with Crippen LogP contribution in [0.4, 0.5) is 5.69 Å². The highest BCUT2D eigenvalue weighted by Crippen LogP contribution is 2.44. The second-order valence-corrected chi connectivity index (χ2v) is 9.61. The highest BCUT2D eigenvalue weighted by Gasteiger charge is 2.38. The zero-order valence-corrected chi connectivity index (χ0v) is 21.5. The smallest absolute Gasteiger partial charge is 0.176 e. The van der Waals surface area contributed by atoms with Gasteiger partial charge >= 0.3 is 0 Å². The zero-order valence-electron chi connectivity index (χ0n) is 20.7. The van der Waals surface area contributed by atoms with E-state index in [0.717, 1.165) is 29.1 Å². The summed E-state index contributed by atoms with van der Waals surface area (Å²) in [6.45, 7) is 6.84. The standard InChI is InChI=1S/C28H26N4O4S/c1-4-32(13-14-33)20-8-5-18(6-9-20)7-11-23-25(34)26(35)24(37-23)12-10-22-21(17-31)27(19(15-29)16-30)36-28(22,2)3/h5-12,33-35H,4,13-14H2,1-3H3/b11-7+,12-10+. The number of nitriles is 3. The Morgan fingerprint density at radius 1 is 1.00 bits per heavy atom. The molecule has 0 spiro atoms. The van der Waals surface area contributed by atoms with E-state index < -0.39 is 5.60 Å². The van der Waals surface area contributed by atoms with Crippen LogP contribution in [-0.2, 0) is 4.74 Å². The minimum Gasteiger partial charge on any atom is -0.503 e. The molecule has 0 bridgehead atoms. The molecular weight excluding hydrogens is 488 g/mol. The molecular formula is C28H26N4O4S. The largest absolute Gasteiger partial charge is 0.503 e. The SMILES string of the molecule is CCN(CCO)c1ccc(/C=C/c2sc(/C=C/C3=C(C#N)C(=C(C#N)C#N)OC3(C)C)c(O)c2O)cc1. The van der Waals surface area contributed by atoms with Crippen LogP contribution in [0.25, 0.3) is 18.2 Å². The Morgan fingerprint density at radius 3 is 2.11 bits per heavy atom. The number of ether oxygens (including phenoxy) is 1. The second kappa shape index (κ2) is 11.5. The molecule has 1 aliphatic heterocycles. The van der Waals surface area contributed by atoms with E-state index in [2.05, 4.69) is 4.90 Å². The van der Waals surface area contributed by atoms with E-state index in [0.29, 0.717) is 21.9 Å². The van der Waals surface area contributed by atoms with Gasteiger partial charge in [-0.3, -0.25) is 0 Å². The molecule has 1 aromatic carbocycles. The van der Waals surface area contributed by atoms with Crippen molar-refractivity contribution in [2.75, 3.05) is 24.6 Å². The van der Waals surface area contributed by atoms with Gasteiger partial charge in [0.05, 0.1) is 16.4 Å². The summed E-state index contributed by atoms with van der Waals surface area (Å²) in [5.41, 5.74) is 1.14. The van der Waals surface area contributed by atoms with Gasteiger partial charge in [-0.25, -0.2) is 0 Å². The topological polar surface area (TPSA) is 145 Å². The van der Waals surface area contributed by atoms with Gasteiger partial charge in [-0.1, -0.05) is 24.3 Å². The summed E-state index contributed by atoms with van der Waals surface area (Å²) in [4.78, 5) is 2.87. The number of thiophene rings is 1. The fourth-order valence-corrected chi connectivity index (χ4v) is 4.77. The zero-order chi connectivity index (χ0) is 27.2. The van der Waals surface area contributed by atoms with E-state index >= 15 is 0 Å². The Hall–Kier alpha value is -4.49. The third-order valence-corrected chi connectivity index (χ3v) is 6.91. The summed E-state index contributed by atoms with van der Waals surface area (Å²) in [6.07, 6.45) is 6.66. The molecule has 8 nitrogen and oxygen atoms in total. The lowest BCUT2D eigenvalue weighted by atomic mass is 9.94. The van der Waals surface area contributed by atoms with Crippen LogP contribution in [0.1, 0.15) is 36.1 Å². The highest BCUT2D eigenvalue weighted by atomic mass is 32.1. The van der Waals surface area contributed by atoms with E-state index in [1.807, 2.05) is 43.3 Å². The summed E-state index contributed by atoms with van der Waals surface area (Å²) < 4.78 is 5.74. The minimum atomic E-state index is -0.982. The highest BCUT2D eigenvalue weighted by molar-refractivity contribution is 7.14. The van der Waals surface area contributed by atoms with Crippen molar-refractivity contribution in [1.29, 1.82) is 15.8 Å². The average Bonchev–Trinajstić information content (AvgIpc) is 3.31. The quantitative estimate of drug-likeness (QED) is 0.413. The summed E-state index contributed by atoms with van der Waals surface area (Å²) in [5.74, 6) is -0.616. The number of rotatable bonds is 8. The summed E-state index contributed by atoms with van der Waals surface area (Å²) in [7, 11) is 0. The first kappa shape index (κ1) is 27.1. The molecule has 2 aromatic rings. The van der Waals surface area contributed by atoms with Crippen LogP contribution in [0.15, 0.2) is 52.8 Å². The second-order valence-electron chi connectivity index (χ2n) is 8.53. The average molecular weight is 515 g/mol. The van der Waals surface area contributed by atoms with Gasteiger partial charge in [0.15, 0.2) is 22.8 Å². The van der Waals surface area contributed by atoms with Crippen molar-refractivity contribution >= 4 is 35.3 Å². The number of nitrogens with zero attached hydrogens (tertiary/aromatic N) is 4. The first-order valence-corrected chi connectivity index (χ1v) is 12.3. The molecule has 3 N–H and O–H groups in total. The molecule has 0 fully saturated rings. The molecule has 0 saturated heterocycles. The van der Waals surface area contributed by atoms with Crippen molar-refractivity contribution in [2.24, 2.45) is 0 Å². The van der Waals surface area contributed by atoms with E-state index in [1.54, 1.807) is 44.2 Å². The van der Waals surface area contributed by atoms with Crippen molar-refractivity contribution in [3.8, 4) is 29.7 Å². The van der Waals surface area contributed by atoms with Crippen LogP contribution in [0.5, 0.6) is 11.5 Å². The van der Waals surface area contributed by atoms with E-state index in [4.69, 9.17) is 4.74 Å². The predicted molar refractivity (Wildman–Crippen MR) is 143 cm³/mol. The van der Waals surface area contributed by atoms with E-state index in [-0.39, 0.29) is 35.0 Å². The van der Waals surface area contributed by atoms with Crippen LogP contribution in [0, 0.1) is 34.0 Å². The molecule has 3 rings (SSSR count). The Kier molecular flexibility index (Phi) is 8.42. The van der Waals surface area contributed by atoms with E-state index in [1.165, 1.54) is 0 Å². The van der Waals surface area contributed by atoms with Crippen LogP contribution in [0.2, 0.25) is 0 Å². The monoisotopic (exact) mass is 514 g/mol. The van der Waals surface area contributed by atoms with Crippen LogP contribution in [-0.4, -0.2) is 40.6 Å². The summed E-state index contributed by atoms with van der Waals surface area (Å²) >= 11 is 1.16. The van der Waals surface area contributed by atoms with Crippen LogP contribution < -0.4 is 4.90 Å². The molecule has 0 amide bonds. The van der Waals surface area contributed by atoms with Gasteiger partial charge < -0.3 is 25.0 Å². The van der Waals surface area contributed by atoms with Gasteiger partial charge in [0.25, 0.3) is 0 Å². The van der Waals surface area contributed by atoms with E-state index in [9.17, 15) is 31.1 Å². The maximum Gasteiger partial charge on any atom is 0.176 e. The first-order valence-electron chi connectivity index (χ1n) is 11.5. The fourth-order valence-electron chi connectivity index (χ4n) is 3.87. The Labute approximate surface area is 219 Å². The number of aliphatic hydroxyl groups excluding tert-OH is 1. The van der Waals surface area contributed by atoms with Crippen molar-refractivity contribution in [3.63, 3.8) is 0 Å². The lowest BCUT2D eigenvalue weighted by Gasteiger charge is -2.21. The normalized spacial score (nSPS) is 14.5. The molecule has 2 heterocycles. The van der Waals surface area contributed by atoms with Crippen molar-refractivity contribution in [2.45, 2.75) is 26.4 Å². The number of hydrogen-bond donors (Lipinski definition) is 3. The van der Waals surface area contributed by atoms with Gasteiger partial charge in [-0.05, 0) is 50.6 Å². The van der Waals surface area contributed by atoms with Gasteiger partial charge in [-0.15, -0.1) is 11.3 Å². The molecule has 9 heteroatoms. The molecule has 0 atom stereocenters. The van der Waals surface area contributed by atoms with Crippen molar-refractivity contribution < 1.29 is 20.1 Å². The number of benzene rings is 1. The van der Waals surface area contributed by atoms with Crippen molar-refractivity contribution in [3.05, 3.63) is 68.1 Å². The number of likely N-dealkylation sites (N-methyl/N-ethyl adjacent to an activating group) is 1.